The molecule has 30 heavy (non-hydrogen) atoms. The van der Waals surface area contributed by atoms with Crippen molar-refractivity contribution in [1.82, 2.24) is 10.6 Å². The van der Waals surface area contributed by atoms with E-state index >= 15 is 0 Å². The number of amides is 2. The van der Waals surface area contributed by atoms with E-state index in [1.54, 1.807) is 0 Å². The Hall–Kier alpha value is -1.07. The topological polar surface area (TPSA) is 153 Å². The van der Waals surface area contributed by atoms with Gasteiger partial charge in [-0.25, -0.2) is 4.57 Å². The number of rotatable bonds is 19. The van der Waals surface area contributed by atoms with Gasteiger partial charge in [-0.3, -0.25) is 18.6 Å². The molecular weight excluding hydrogens is 419 g/mol. The molecule has 0 radical (unpaired) electrons. The molecule has 0 spiro atoms. The summed E-state index contributed by atoms with van der Waals surface area (Å²) in [5, 5.41) is 14.7. The molecule has 2 amide bonds. The first-order valence-electron chi connectivity index (χ1n) is 10.1. The van der Waals surface area contributed by atoms with E-state index in [4.69, 9.17) is 18.9 Å². The van der Waals surface area contributed by atoms with Crippen LogP contribution in [0.4, 0.5) is 0 Å². The van der Waals surface area contributed by atoms with E-state index < -0.39 is 7.82 Å². The lowest BCUT2D eigenvalue weighted by Gasteiger charge is -2.16. The summed E-state index contributed by atoms with van der Waals surface area (Å²) in [6.07, 6.45) is 1.98. The van der Waals surface area contributed by atoms with E-state index in [9.17, 15) is 19.3 Å². The zero-order valence-electron chi connectivity index (χ0n) is 18.1. The highest BCUT2D eigenvalue weighted by atomic mass is 31.2. The van der Waals surface area contributed by atoms with Crippen LogP contribution in [-0.2, 0) is 32.7 Å². The predicted octanol–water partition coefficient (Wildman–Crippen LogP) is 0.450. The molecule has 2 unspecified atom stereocenters. The molecule has 178 valence electrons. The Morgan fingerprint density at radius 1 is 1.03 bits per heavy atom. The molecular formula is C18H37N2O9P. The molecule has 0 aromatic carbocycles. The summed E-state index contributed by atoms with van der Waals surface area (Å²) in [7, 11) is -2.96. The average molecular weight is 456 g/mol. The molecule has 0 bridgehead atoms. The maximum atomic E-state index is 11.7. The van der Waals surface area contributed by atoms with Gasteiger partial charge in [0, 0.05) is 38.6 Å². The minimum atomic E-state index is -4.04. The molecule has 0 rings (SSSR count). The number of hydrogen-bond acceptors (Lipinski definition) is 8. The van der Waals surface area contributed by atoms with Crippen LogP contribution in [0, 0.1) is 11.8 Å². The molecule has 12 heteroatoms. The Balaban J connectivity index is 3.56. The number of aliphatic hydroxyl groups excluding tert-OH is 1. The molecule has 0 saturated heterocycles. The second-order valence-corrected chi connectivity index (χ2v) is 8.51. The van der Waals surface area contributed by atoms with Crippen molar-refractivity contribution in [2.45, 2.75) is 33.1 Å². The van der Waals surface area contributed by atoms with Gasteiger partial charge in [0.25, 0.3) is 0 Å². The number of aliphatic hydroxyl groups is 1. The van der Waals surface area contributed by atoms with E-state index in [0.29, 0.717) is 45.6 Å². The number of carbonyl (C=O) groups excluding carboxylic acids is 2. The predicted molar refractivity (Wildman–Crippen MR) is 110 cm³/mol. The quantitative estimate of drug-likeness (QED) is 0.160. The van der Waals surface area contributed by atoms with Gasteiger partial charge >= 0.3 is 7.82 Å². The standard InChI is InChI=1S/C18H37N2O9P/c1-15(2)18(23)20-8-9-27-10-11-28-14-17(22)19-7-5-4-6-16(12-21)13-29-30(24,25)26-3/h15-16,21H,4-14H2,1-3H3,(H,19,22)(H,20,23)(H,24,25). The summed E-state index contributed by atoms with van der Waals surface area (Å²) in [4.78, 5) is 32.2. The van der Waals surface area contributed by atoms with Crippen molar-refractivity contribution < 1.29 is 42.7 Å². The van der Waals surface area contributed by atoms with E-state index in [1.807, 2.05) is 13.8 Å². The number of phosphoric acid groups is 1. The number of ether oxygens (including phenoxy) is 2. The van der Waals surface area contributed by atoms with Gasteiger partial charge in [0.05, 0.1) is 26.4 Å². The minimum Gasteiger partial charge on any atom is -0.396 e. The third-order valence-electron chi connectivity index (χ3n) is 4.00. The number of nitrogens with one attached hydrogen (secondary N) is 2. The maximum absolute atomic E-state index is 11.7. The molecule has 0 aliphatic heterocycles. The summed E-state index contributed by atoms with van der Waals surface area (Å²) in [5.74, 6) is -0.589. The fourth-order valence-corrected chi connectivity index (χ4v) is 2.66. The second kappa shape index (κ2) is 17.6. The molecule has 4 N–H and O–H groups in total. The van der Waals surface area contributed by atoms with Crippen LogP contribution in [-0.4, -0.2) is 81.7 Å². The van der Waals surface area contributed by atoms with E-state index in [0.717, 1.165) is 7.11 Å². The lowest BCUT2D eigenvalue weighted by atomic mass is 10.0. The van der Waals surface area contributed by atoms with Gasteiger partial charge in [-0.1, -0.05) is 20.3 Å². The highest BCUT2D eigenvalue weighted by Crippen LogP contribution is 2.42. The van der Waals surface area contributed by atoms with Crippen LogP contribution in [0.5, 0.6) is 0 Å². The van der Waals surface area contributed by atoms with Crippen molar-refractivity contribution in [3.63, 3.8) is 0 Å². The van der Waals surface area contributed by atoms with Crippen LogP contribution in [0.15, 0.2) is 0 Å². The lowest BCUT2D eigenvalue weighted by Crippen LogP contribution is -2.31. The fraction of sp³-hybridized carbons (Fsp3) is 0.889. The van der Waals surface area contributed by atoms with Crippen LogP contribution in [0.3, 0.4) is 0 Å². The summed E-state index contributed by atoms with van der Waals surface area (Å²) in [6.45, 7) is 5.21. The summed E-state index contributed by atoms with van der Waals surface area (Å²) in [6, 6.07) is 0. The molecule has 0 aliphatic rings. The second-order valence-electron chi connectivity index (χ2n) is 6.95. The van der Waals surface area contributed by atoms with Crippen LogP contribution >= 0.6 is 7.82 Å². The highest BCUT2D eigenvalue weighted by molar-refractivity contribution is 7.47. The Morgan fingerprint density at radius 2 is 1.73 bits per heavy atom. The Morgan fingerprint density at radius 3 is 2.37 bits per heavy atom. The molecule has 0 heterocycles. The van der Waals surface area contributed by atoms with Crippen molar-refractivity contribution in [3.05, 3.63) is 0 Å². The summed E-state index contributed by atoms with van der Waals surface area (Å²) >= 11 is 0. The van der Waals surface area contributed by atoms with Crippen LogP contribution in [0.1, 0.15) is 33.1 Å². The first-order valence-corrected chi connectivity index (χ1v) is 11.5. The van der Waals surface area contributed by atoms with Gasteiger partial charge in [0.15, 0.2) is 0 Å². The van der Waals surface area contributed by atoms with Gasteiger partial charge in [-0.05, 0) is 12.8 Å². The lowest BCUT2D eigenvalue weighted by molar-refractivity contribution is -0.126. The summed E-state index contributed by atoms with van der Waals surface area (Å²) < 4.78 is 30.8. The molecule has 0 aliphatic carbocycles. The molecule has 11 nitrogen and oxygen atoms in total. The normalized spacial score (nSPS) is 14.3. The first kappa shape index (κ1) is 28.9. The van der Waals surface area contributed by atoms with Gasteiger partial charge < -0.3 is 30.1 Å². The molecule has 0 aromatic heterocycles. The van der Waals surface area contributed by atoms with Crippen molar-refractivity contribution in [1.29, 1.82) is 0 Å². The Bertz CT molecular complexity index is 520. The molecule has 0 saturated carbocycles. The zero-order valence-corrected chi connectivity index (χ0v) is 19.0. The van der Waals surface area contributed by atoms with Gasteiger partial charge in [-0.15, -0.1) is 0 Å². The molecule has 2 atom stereocenters. The third kappa shape index (κ3) is 16.7. The van der Waals surface area contributed by atoms with Crippen molar-refractivity contribution in [3.8, 4) is 0 Å². The third-order valence-corrected chi connectivity index (χ3v) is 4.94. The van der Waals surface area contributed by atoms with Crippen molar-refractivity contribution in [2.75, 3.05) is 59.8 Å². The average Bonchev–Trinajstić information content (AvgIpc) is 2.71. The van der Waals surface area contributed by atoms with Crippen LogP contribution < -0.4 is 10.6 Å². The largest absolute Gasteiger partial charge is 0.471 e. The monoisotopic (exact) mass is 456 g/mol. The summed E-state index contributed by atoms with van der Waals surface area (Å²) in [5.41, 5.74) is 0. The SMILES string of the molecule is COP(=O)(O)OCC(CO)CCCCNC(=O)COCCOCCNC(=O)C(C)C. The number of unbranched alkanes of at least 4 members (excludes halogenated alkanes) is 1. The smallest absolute Gasteiger partial charge is 0.396 e. The van der Waals surface area contributed by atoms with E-state index in [-0.39, 0.29) is 50.1 Å². The fourth-order valence-electron chi connectivity index (χ4n) is 2.15. The number of hydrogen-bond donors (Lipinski definition) is 4. The van der Waals surface area contributed by atoms with Gasteiger partial charge in [0.2, 0.25) is 11.8 Å². The Labute approximate surface area is 178 Å². The van der Waals surface area contributed by atoms with Crippen LogP contribution in [0.25, 0.3) is 0 Å². The van der Waals surface area contributed by atoms with E-state index in [1.165, 1.54) is 0 Å². The molecule has 0 aromatic rings. The zero-order chi connectivity index (χ0) is 22.8. The Kier molecular flexibility index (Phi) is 17.0. The maximum Gasteiger partial charge on any atom is 0.471 e. The van der Waals surface area contributed by atoms with Crippen molar-refractivity contribution >= 4 is 19.6 Å². The van der Waals surface area contributed by atoms with Crippen molar-refractivity contribution in [2.24, 2.45) is 11.8 Å². The first-order chi connectivity index (χ1) is 14.2. The number of carbonyl (C=O) groups is 2. The van der Waals surface area contributed by atoms with Gasteiger partial charge in [0.1, 0.15) is 6.61 Å². The van der Waals surface area contributed by atoms with Crippen LogP contribution in [0.2, 0.25) is 0 Å². The highest BCUT2D eigenvalue weighted by Gasteiger charge is 2.20. The van der Waals surface area contributed by atoms with E-state index in [2.05, 4.69) is 15.2 Å². The van der Waals surface area contributed by atoms with Gasteiger partial charge in [-0.2, -0.15) is 0 Å². The number of phosphoric ester groups is 1. The minimum absolute atomic E-state index is 0.0196. The molecule has 0 fully saturated rings.